The van der Waals surface area contributed by atoms with Crippen LogP contribution in [0, 0.1) is 11.8 Å². The van der Waals surface area contributed by atoms with E-state index in [0.717, 1.165) is 37.4 Å². The molecule has 21 heavy (non-hydrogen) atoms. The summed E-state index contributed by atoms with van der Waals surface area (Å²) in [5.74, 6) is 2.70. The predicted molar refractivity (Wildman–Crippen MR) is 90.8 cm³/mol. The molecule has 2 atom stereocenters. The van der Waals surface area contributed by atoms with E-state index in [1.54, 1.807) is 0 Å². The van der Waals surface area contributed by atoms with Gasteiger partial charge in [-0.05, 0) is 44.9 Å². The van der Waals surface area contributed by atoms with Crippen molar-refractivity contribution in [3.05, 3.63) is 0 Å². The second-order valence-electron chi connectivity index (χ2n) is 7.76. The van der Waals surface area contributed by atoms with Crippen LogP contribution in [0.5, 0.6) is 0 Å². The molecule has 4 heteroatoms. The smallest absolute Gasteiger partial charge is 0.193 e. The van der Waals surface area contributed by atoms with E-state index in [4.69, 9.17) is 0 Å². The SMILES string of the molecule is CN=C(NCC(C)(C)N1CC(C)CC(C)C1)N1CCCC1. The van der Waals surface area contributed by atoms with Crippen LogP contribution in [0.25, 0.3) is 0 Å². The molecule has 2 unspecified atom stereocenters. The van der Waals surface area contributed by atoms with Crippen molar-refractivity contribution >= 4 is 5.96 Å². The van der Waals surface area contributed by atoms with Crippen LogP contribution < -0.4 is 5.32 Å². The van der Waals surface area contributed by atoms with Gasteiger partial charge in [-0.3, -0.25) is 9.89 Å². The van der Waals surface area contributed by atoms with Crippen LogP contribution in [0.15, 0.2) is 4.99 Å². The molecule has 0 aromatic rings. The van der Waals surface area contributed by atoms with Crippen molar-refractivity contribution in [1.82, 2.24) is 15.1 Å². The molecule has 0 spiro atoms. The maximum absolute atomic E-state index is 4.46. The third-order valence-electron chi connectivity index (χ3n) is 5.02. The first-order valence-corrected chi connectivity index (χ1v) is 8.63. The molecule has 4 nitrogen and oxygen atoms in total. The molecular formula is C17H34N4. The van der Waals surface area contributed by atoms with Crippen molar-refractivity contribution < 1.29 is 0 Å². The molecule has 0 radical (unpaired) electrons. The Balaban J connectivity index is 1.90. The Hall–Kier alpha value is -0.770. The third-order valence-corrected chi connectivity index (χ3v) is 5.02. The Morgan fingerprint density at radius 2 is 1.71 bits per heavy atom. The fraction of sp³-hybridized carbons (Fsp3) is 0.941. The standard InChI is InChI=1S/C17H34N4/c1-14-10-15(2)12-21(11-14)17(3,4)13-19-16(18-5)20-8-6-7-9-20/h14-15H,6-13H2,1-5H3,(H,18,19). The van der Waals surface area contributed by atoms with Crippen LogP contribution >= 0.6 is 0 Å². The lowest BCUT2D eigenvalue weighted by Gasteiger charge is -2.45. The molecule has 2 aliphatic rings. The molecule has 0 aromatic heterocycles. The minimum Gasteiger partial charge on any atom is -0.354 e. The third kappa shape index (κ3) is 4.35. The highest BCUT2D eigenvalue weighted by molar-refractivity contribution is 5.80. The summed E-state index contributed by atoms with van der Waals surface area (Å²) >= 11 is 0. The van der Waals surface area contributed by atoms with Crippen molar-refractivity contribution in [3.63, 3.8) is 0 Å². The number of hydrogen-bond acceptors (Lipinski definition) is 2. The molecule has 122 valence electrons. The molecule has 2 rings (SSSR count). The fourth-order valence-corrected chi connectivity index (χ4v) is 3.83. The normalized spacial score (nSPS) is 29.0. The van der Waals surface area contributed by atoms with Gasteiger partial charge in [-0.2, -0.15) is 0 Å². The van der Waals surface area contributed by atoms with Crippen LogP contribution in [-0.4, -0.2) is 61.1 Å². The van der Waals surface area contributed by atoms with E-state index in [9.17, 15) is 0 Å². The van der Waals surface area contributed by atoms with Crippen LogP contribution in [0.2, 0.25) is 0 Å². The zero-order chi connectivity index (χ0) is 15.5. The van der Waals surface area contributed by atoms with Gasteiger partial charge in [0.05, 0.1) is 0 Å². The van der Waals surface area contributed by atoms with Gasteiger partial charge in [0.15, 0.2) is 5.96 Å². The zero-order valence-electron chi connectivity index (χ0n) is 14.7. The zero-order valence-corrected chi connectivity index (χ0v) is 14.7. The van der Waals surface area contributed by atoms with Gasteiger partial charge in [-0.1, -0.05) is 13.8 Å². The van der Waals surface area contributed by atoms with Crippen molar-refractivity contribution in [2.24, 2.45) is 16.8 Å². The highest BCUT2D eigenvalue weighted by Crippen LogP contribution is 2.26. The minimum absolute atomic E-state index is 0.179. The van der Waals surface area contributed by atoms with E-state index >= 15 is 0 Å². The van der Waals surface area contributed by atoms with Gasteiger partial charge in [0.1, 0.15) is 0 Å². The number of likely N-dealkylation sites (tertiary alicyclic amines) is 2. The lowest BCUT2D eigenvalue weighted by molar-refractivity contribution is 0.0480. The van der Waals surface area contributed by atoms with Gasteiger partial charge < -0.3 is 10.2 Å². The first kappa shape index (κ1) is 16.6. The molecule has 2 saturated heterocycles. The van der Waals surface area contributed by atoms with E-state index in [-0.39, 0.29) is 5.54 Å². The number of nitrogens with one attached hydrogen (secondary N) is 1. The molecule has 0 amide bonds. The molecule has 0 saturated carbocycles. The molecule has 2 heterocycles. The summed E-state index contributed by atoms with van der Waals surface area (Å²) in [5.41, 5.74) is 0.179. The first-order valence-electron chi connectivity index (χ1n) is 8.63. The van der Waals surface area contributed by atoms with Crippen molar-refractivity contribution in [3.8, 4) is 0 Å². The molecule has 1 N–H and O–H groups in total. The molecule has 0 aromatic carbocycles. The first-order chi connectivity index (χ1) is 9.92. The second-order valence-corrected chi connectivity index (χ2v) is 7.76. The van der Waals surface area contributed by atoms with E-state index in [1.165, 1.54) is 32.4 Å². The Morgan fingerprint density at radius 1 is 1.14 bits per heavy atom. The van der Waals surface area contributed by atoms with Gasteiger partial charge in [0, 0.05) is 45.3 Å². The Morgan fingerprint density at radius 3 is 2.24 bits per heavy atom. The minimum atomic E-state index is 0.179. The largest absolute Gasteiger partial charge is 0.354 e. The van der Waals surface area contributed by atoms with Crippen LogP contribution in [0.4, 0.5) is 0 Å². The average molecular weight is 294 g/mol. The molecule has 0 aliphatic carbocycles. The molecule has 2 aliphatic heterocycles. The summed E-state index contributed by atoms with van der Waals surface area (Å²) in [6.07, 6.45) is 3.96. The Kier molecular flexibility index (Phi) is 5.53. The van der Waals surface area contributed by atoms with Crippen LogP contribution in [-0.2, 0) is 0 Å². The highest BCUT2D eigenvalue weighted by Gasteiger charge is 2.33. The van der Waals surface area contributed by atoms with E-state index in [2.05, 4.69) is 47.8 Å². The van der Waals surface area contributed by atoms with Gasteiger partial charge in [-0.15, -0.1) is 0 Å². The van der Waals surface area contributed by atoms with Gasteiger partial charge in [0.2, 0.25) is 0 Å². The lowest BCUT2D eigenvalue weighted by atomic mass is 9.88. The van der Waals surface area contributed by atoms with Crippen molar-refractivity contribution in [1.29, 1.82) is 0 Å². The number of aliphatic imine (C=N–C) groups is 1. The quantitative estimate of drug-likeness (QED) is 0.640. The summed E-state index contributed by atoms with van der Waals surface area (Å²) < 4.78 is 0. The van der Waals surface area contributed by atoms with E-state index in [1.807, 2.05) is 7.05 Å². The monoisotopic (exact) mass is 294 g/mol. The predicted octanol–water partition coefficient (Wildman–Crippen LogP) is 2.41. The lowest BCUT2D eigenvalue weighted by Crippen LogP contribution is -2.57. The summed E-state index contributed by atoms with van der Waals surface area (Å²) in [6, 6.07) is 0. The van der Waals surface area contributed by atoms with Gasteiger partial charge >= 0.3 is 0 Å². The van der Waals surface area contributed by atoms with Gasteiger partial charge in [0.25, 0.3) is 0 Å². The number of nitrogens with zero attached hydrogens (tertiary/aromatic N) is 3. The van der Waals surface area contributed by atoms with Crippen molar-refractivity contribution in [2.75, 3.05) is 39.8 Å². The topological polar surface area (TPSA) is 30.9 Å². The summed E-state index contributed by atoms with van der Waals surface area (Å²) in [7, 11) is 1.90. The van der Waals surface area contributed by atoms with Crippen LogP contribution in [0.3, 0.4) is 0 Å². The van der Waals surface area contributed by atoms with Gasteiger partial charge in [-0.25, -0.2) is 0 Å². The maximum Gasteiger partial charge on any atom is 0.193 e. The average Bonchev–Trinajstić information content (AvgIpc) is 2.92. The Labute approximate surface area is 131 Å². The van der Waals surface area contributed by atoms with E-state index in [0.29, 0.717) is 0 Å². The molecule has 0 bridgehead atoms. The summed E-state index contributed by atoms with van der Waals surface area (Å²) in [6.45, 7) is 15.2. The van der Waals surface area contributed by atoms with Crippen molar-refractivity contribution in [2.45, 2.75) is 52.5 Å². The maximum atomic E-state index is 4.46. The number of hydrogen-bond donors (Lipinski definition) is 1. The number of rotatable bonds is 3. The highest BCUT2D eigenvalue weighted by atomic mass is 15.3. The number of piperidine rings is 1. The number of guanidine groups is 1. The summed E-state index contributed by atoms with van der Waals surface area (Å²) in [4.78, 5) is 9.51. The Bertz CT molecular complexity index is 348. The fourth-order valence-electron chi connectivity index (χ4n) is 3.83. The van der Waals surface area contributed by atoms with E-state index < -0.39 is 0 Å². The summed E-state index contributed by atoms with van der Waals surface area (Å²) in [5, 5.41) is 3.61. The second kappa shape index (κ2) is 6.99. The molecular weight excluding hydrogens is 260 g/mol. The van der Waals surface area contributed by atoms with Crippen LogP contribution in [0.1, 0.15) is 47.0 Å². The molecule has 2 fully saturated rings.